The lowest BCUT2D eigenvalue weighted by molar-refractivity contribution is 0.161. The Morgan fingerprint density at radius 2 is 2.38 bits per heavy atom. The van der Waals surface area contributed by atoms with Crippen LogP contribution in [0.15, 0.2) is 0 Å². The van der Waals surface area contributed by atoms with Gasteiger partial charge in [-0.1, -0.05) is 13.3 Å². The van der Waals surface area contributed by atoms with E-state index in [-0.39, 0.29) is 6.03 Å². The van der Waals surface area contributed by atoms with Gasteiger partial charge in [0.2, 0.25) is 0 Å². The number of piperidine rings is 1. The largest absolute Gasteiger partial charge is 0.338 e. The number of nitrogens with zero attached hydrogens (tertiary/aromatic N) is 1. The van der Waals surface area contributed by atoms with E-state index in [9.17, 15) is 4.79 Å². The highest BCUT2D eigenvalue weighted by atomic mass is 16.2. The van der Waals surface area contributed by atoms with Crippen molar-refractivity contribution in [2.45, 2.75) is 38.6 Å². The summed E-state index contributed by atoms with van der Waals surface area (Å²) in [4.78, 5) is 13.8. The molecule has 2 aliphatic heterocycles. The molecule has 0 aromatic heterocycles. The Balaban J connectivity index is 1.75. The molecule has 4 heteroatoms. The Morgan fingerprint density at radius 3 is 3.19 bits per heavy atom. The van der Waals surface area contributed by atoms with Crippen molar-refractivity contribution in [1.29, 1.82) is 0 Å². The molecule has 0 aromatic rings. The number of likely N-dealkylation sites (tertiary alicyclic amines) is 1. The van der Waals surface area contributed by atoms with Crippen molar-refractivity contribution in [2.75, 3.05) is 26.2 Å². The van der Waals surface area contributed by atoms with E-state index in [0.717, 1.165) is 44.9 Å². The first-order valence-electron chi connectivity index (χ1n) is 6.57. The van der Waals surface area contributed by atoms with Crippen molar-refractivity contribution >= 4 is 6.03 Å². The molecule has 0 unspecified atom stereocenters. The van der Waals surface area contributed by atoms with Crippen LogP contribution in [0.4, 0.5) is 4.79 Å². The molecule has 2 heterocycles. The third kappa shape index (κ3) is 2.67. The van der Waals surface area contributed by atoms with Crippen LogP contribution in [0.2, 0.25) is 0 Å². The van der Waals surface area contributed by atoms with Gasteiger partial charge in [0.25, 0.3) is 0 Å². The van der Waals surface area contributed by atoms with E-state index >= 15 is 0 Å². The van der Waals surface area contributed by atoms with Crippen molar-refractivity contribution < 1.29 is 4.79 Å². The molecule has 16 heavy (non-hydrogen) atoms. The Labute approximate surface area is 97.8 Å². The molecule has 2 N–H and O–H groups in total. The SMILES string of the molecule is CCCCNC(=O)N1CC[C@@H]2CCN[C@@H]2C1. The average molecular weight is 225 g/mol. The Bertz CT molecular complexity index is 244. The van der Waals surface area contributed by atoms with E-state index in [1.54, 1.807) is 0 Å². The van der Waals surface area contributed by atoms with Gasteiger partial charge in [-0.25, -0.2) is 4.79 Å². The molecule has 0 saturated carbocycles. The number of amides is 2. The Hall–Kier alpha value is -0.770. The van der Waals surface area contributed by atoms with E-state index < -0.39 is 0 Å². The van der Waals surface area contributed by atoms with Crippen LogP contribution >= 0.6 is 0 Å². The summed E-state index contributed by atoms with van der Waals surface area (Å²) in [5.41, 5.74) is 0. The first-order chi connectivity index (χ1) is 7.81. The van der Waals surface area contributed by atoms with Gasteiger partial charge in [0, 0.05) is 25.7 Å². The second kappa shape index (κ2) is 5.53. The summed E-state index contributed by atoms with van der Waals surface area (Å²) in [6.45, 7) is 5.90. The number of urea groups is 1. The van der Waals surface area contributed by atoms with Gasteiger partial charge in [0.05, 0.1) is 0 Å². The summed E-state index contributed by atoms with van der Waals surface area (Å²) in [5, 5.41) is 6.48. The van der Waals surface area contributed by atoms with Gasteiger partial charge in [0.1, 0.15) is 0 Å². The molecule has 2 saturated heterocycles. The van der Waals surface area contributed by atoms with Crippen LogP contribution in [0.1, 0.15) is 32.6 Å². The maximum Gasteiger partial charge on any atom is 0.317 e. The molecular formula is C12H23N3O. The van der Waals surface area contributed by atoms with Gasteiger partial charge >= 0.3 is 6.03 Å². The van der Waals surface area contributed by atoms with Gasteiger partial charge in [-0.15, -0.1) is 0 Å². The molecule has 0 radical (unpaired) electrons. The third-order valence-electron chi connectivity index (χ3n) is 3.77. The lowest BCUT2D eigenvalue weighted by Crippen LogP contribution is -2.51. The number of hydrogen-bond acceptors (Lipinski definition) is 2. The number of fused-ring (bicyclic) bond motifs is 1. The molecule has 2 fully saturated rings. The number of hydrogen-bond donors (Lipinski definition) is 2. The summed E-state index contributed by atoms with van der Waals surface area (Å²) in [7, 11) is 0. The van der Waals surface area contributed by atoms with Gasteiger partial charge in [-0.3, -0.25) is 0 Å². The minimum absolute atomic E-state index is 0.126. The normalized spacial score (nSPS) is 28.9. The average Bonchev–Trinajstić information content (AvgIpc) is 2.76. The van der Waals surface area contributed by atoms with E-state index in [2.05, 4.69) is 17.6 Å². The molecule has 92 valence electrons. The van der Waals surface area contributed by atoms with Crippen molar-refractivity contribution in [3.05, 3.63) is 0 Å². The highest BCUT2D eigenvalue weighted by molar-refractivity contribution is 5.74. The summed E-state index contributed by atoms with van der Waals surface area (Å²) >= 11 is 0. The lowest BCUT2D eigenvalue weighted by atomic mass is 9.93. The zero-order valence-electron chi connectivity index (χ0n) is 10.2. The van der Waals surface area contributed by atoms with Crippen molar-refractivity contribution in [1.82, 2.24) is 15.5 Å². The van der Waals surface area contributed by atoms with Crippen LogP contribution in [0.3, 0.4) is 0 Å². The fourth-order valence-electron chi connectivity index (χ4n) is 2.70. The standard InChI is InChI=1S/C12H23N3O/c1-2-3-6-14-12(16)15-8-5-10-4-7-13-11(10)9-15/h10-11,13H,2-9H2,1H3,(H,14,16)/t10-,11+/m0/s1. The van der Waals surface area contributed by atoms with Crippen LogP contribution in [0, 0.1) is 5.92 Å². The van der Waals surface area contributed by atoms with Gasteiger partial charge < -0.3 is 15.5 Å². The van der Waals surface area contributed by atoms with Crippen LogP contribution in [0.5, 0.6) is 0 Å². The number of nitrogens with one attached hydrogen (secondary N) is 2. The second-order valence-electron chi connectivity index (χ2n) is 4.93. The van der Waals surface area contributed by atoms with Crippen molar-refractivity contribution in [3.8, 4) is 0 Å². The number of carbonyl (C=O) groups is 1. The molecular weight excluding hydrogens is 202 g/mol. The van der Waals surface area contributed by atoms with Crippen molar-refractivity contribution in [3.63, 3.8) is 0 Å². The predicted octanol–water partition coefficient (Wildman–Crippen LogP) is 1.18. The third-order valence-corrected chi connectivity index (χ3v) is 3.77. The summed E-state index contributed by atoms with van der Waals surface area (Å²) in [6.07, 6.45) is 4.66. The maximum absolute atomic E-state index is 11.8. The minimum atomic E-state index is 0.126. The smallest absolute Gasteiger partial charge is 0.317 e. The summed E-state index contributed by atoms with van der Waals surface area (Å²) in [5.74, 6) is 0.805. The zero-order valence-corrected chi connectivity index (χ0v) is 10.2. The minimum Gasteiger partial charge on any atom is -0.338 e. The second-order valence-corrected chi connectivity index (χ2v) is 4.93. The van der Waals surface area contributed by atoms with Crippen LogP contribution in [0.25, 0.3) is 0 Å². The molecule has 2 aliphatic rings. The molecule has 0 aliphatic carbocycles. The molecule has 2 rings (SSSR count). The highest BCUT2D eigenvalue weighted by Gasteiger charge is 2.34. The van der Waals surface area contributed by atoms with Gasteiger partial charge in [-0.2, -0.15) is 0 Å². The molecule has 2 atom stereocenters. The predicted molar refractivity (Wildman–Crippen MR) is 64.4 cm³/mol. The molecule has 4 nitrogen and oxygen atoms in total. The number of rotatable bonds is 3. The van der Waals surface area contributed by atoms with Gasteiger partial charge in [0.15, 0.2) is 0 Å². The van der Waals surface area contributed by atoms with Crippen molar-refractivity contribution in [2.24, 2.45) is 5.92 Å². The topological polar surface area (TPSA) is 44.4 Å². The molecule has 0 spiro atoms. The fourth-order valence-corrected chi connectivity index (χ4v) is 2.70. The fraction of sp³-hybridized carbons (Fsp3) is 0.917. The van der Waals surface area contributed by atoms with Gasteiger partial charge in [-0.05, 0) is 31.7 Å². The van der Waals surface area contributed by atoms with Crippen LogP contribution < -0.4 is 10.6 Å². The summed E-state index contributed by atoms with van der Waals surface area (Å²) < 4.78 is 0. The first-order valence-corrected chi connectivity index (χ1v) is 6.57. The first kappa shape index (κ1) is 11.7. The molecule has 0 aromatic carbocycles. The summed E-state index contributed by atoms with van der Waals surface area (Å²) in [6, 6.07) is 0.672. The van der Waals surface area contributed by atoms with E-state index in [1.165, 1.54) is 12.8 Å². The number of unbranched alkanes of at least 4 members (excludes halogenated alkanes) is 1. The Morgan fingerprint density at radius 1 is 1.50 bits per heavy atom. The monoisotopic (exact) mass is 225 g/mol. The van der Waals surface area contributed by atoms with E-state index in [0.29, 0.717) is 6.04 Å². The maximum atomic E-state index is 11.8. The van der Waals surface area contributed by atoms with Crippen LogP contribution in [-0.4, -0.2) is 43.2 Å². The quantitative estimate of drug-likeness (QED) is 0.708. The lowest BCUT2D eigenvalue weighted by Gasteiger charge is -2.34. The van der Waals surface area contributed by atoms with E-state index in [1.807, 2.05) is 4.90 Å². The molecule has 2 amide bonds. The number of carbonyl (C=O) groups excluding carboxylic acids is 1. The van der Waals surface area contributed by atoms with Crippen LogP contribution in [-0.2, 0) is 0 Å². The Kier molecular flexibility index (Phi) is 4.04. The van der Waals surface area contributed by atoms with E-state index in [4.69, 9.17) is 0 Å². The highest BCUT2D eigenvalue weighted by Crippen LogP contribution is 2.24. The molecule has 0 bridgehead atoms. The zero-order chi connectivity index (χ0) is 11.4.